The van der Waals surface area contributed by atoms with E-state index in [2.05, 4.69) is 22.2 Å². The smallest absolute Gasteiger partial charge is 0.252 e. The molecule has 134 valence electrons. The SMILES string of the molecule is C=CC(=O)N1CCCc2c(C(=O)NCC(=O)Nc3nccs3)cccc21. The van der Waals surface area contributed by atoms with Gasteiger partial charge in [0, 0.05) is 29.4 Å². The molecule has 0 saturated heterocycles. The third kappa shape index (κ3) is 3.80. The van der Waals surface area contributed by atoms with Gasteiger partial charge in [0.05, 0.1) is 6.54 Å². The third-order valence-corrected chi connectivity index (χ3v) is 4.71. The first-order valence-electron chi connectivity index (χ1n) is 8.13. The van der Waals surface area contributed by atoms with Gasteiger partial charge in [0.25, 0.3) is 5.91 Å². The average molecular weight is 370 g/mol. The number of hydrogen-bond acceptors (Lipinski definition) is 5. The largest absolute Gasteiger partial charge is 0.343 e. The molecule has 2 aromatic rings. The van der Waals surface area contributed by atoms with Crippen LogP contribution < -0.4 is 15.5 Å². The standard InChI is InChI=1S/C18H18N4O3S/c1-2-16(24)22-9-4-6-12-13(5-3-7-14(12)22)17(25)20-11-15(23)21-18-19-8-10-26-18/h2-3,5,7-8,10H,1,4,6,9,11H2,(H,20,25)(H,19,21,23). The molecule has 1 aromatic carbocycles. The summed E-state index contributed by atoms with van der Waals surface area (Å²) >= 11 is 1.30. The lowest BCUT2D eigenvalue weighted by Crippen LogP contribution is -2.37. The molecule has 3 rings (SSSR count). The van der Waals surface area contributed by atoms with Gasteiger partial charge in [-0.3, -0.25) is 14.4 Å². The Hall–Kier alpha value is -3.00. The zero-order valence-electron chi connectivity index (χ0n) is 14.0. The summed E-state index contributed by atoms with van der Waals surface area (Å²) in [6, 6.07) is 5.26. The third-order valence-electron chi connectivity index (χ3n) is 4.02. The van der Waals surface area contributed by atoms with Crippen molar-refractivity contribution in [3.8, 4) is 0 Å². The van der Waals surface area contributed by atoms with Crippen LogP contribution in [-0.2, 0) is 16.0 Å². The molecule has 0 fully saturated rings. The van der Waals surface area contributed by atoms with Crippen molar-refractivity contribution in [3.05, 3.63) is 53.6 Å². The molecule has 8 heteroatoms. The maximum atomic E-state index is 12.5. The highest BCUT2D eigenvalue weighted by Gasteiger charge is 2.24. The second-order valence-electron chi connectivity index (χ2n) is 5.67. The van der Waals surface area contributed by atoms with E-state index in [9.17, 15) is 14.4 Å². The fourth-order valence-corrected chi connectivity index (χ4v) is 3.43. The van der Waals surface area contributed by atoms with E-state index in [0.717, 1.165) is 17.7 Å². The summed E-state index contributed by atoms with van der Waals surface area (Å²) in [6.45, 7) is 3.97. The molecule has 0 saturated carbocycles. The molecule has 2 heterocycles. The number of nitrogens with zero attached hydrogens (tertiary/aromatic N) is 2. The molecule has 1 aliphatic heterocycles. The number of amides is 3. The summed E-state index contributed by atoms with van der Waals surface area (Å²) in [5, 5.41) is 7.47. The molecule has 0 spiro atoms. The number of aromatic nitrogens is 1. The summed E-state index contributed by atoms with van der Waals surface area (Å²) in [5.74, 6) is -0.878. The van der Waals surface area contributed by atoms with E-state index in [-0.39, 0.29) is 24.3 Å². The minimum atomic E-state index is -0.346. The lowest BCUT2D eigenvalue weighted by atomic mass is 9.95. The van der Waals surface area contributed by atoms with Crippen LogP contribution >= 0.6 is 11.3 Å². The minimum absolute atomic E-state index is 0.155. The van der Waals surface area contributed by atoms with Crippen molar-refractivity contribution < 1.29 is 14.4 Å². The van der Waals surface area contributed by atoms with Crippen LogP contribution in [0.4, 0.5) is 10.8 Å². The molecule has 1 aliphatic rings. The quantitative estimate of drug-likeness (QED) is 0.788. The number of anilines is 2. The maximum absolute atomic E-state index is 12.5. The topological polar surface area (TPSA) is 91.4 Å². The van der Waals surface area contributed by atoms with Gasteiger partial charge in [-0.2, -0.15) is 0 Å². The lowest BCUT2D eigenvalue weighted by Gasteiger charge is -2.29. The fraction of sp³-hybridized carbons (Fsp3) is 0.222. The van der Waals surface area contributed by atoms with Crippen LogP contribution in [0, 0.1) is 0 Å². The molecule has 0 aliphatic carbocycles. The van der Waals surface area contributed by atoms with Gasteiger partial charge < -0.3 is 15.5 Å². The Bertz CT molecular complexity index is 848. The normalized spacial score (nSPS) is 12.8. The van der Waals surface area contributed by atoms with Crippen molar-refractivity contribution in [3.63, 3.8) is 0 Å². The van der Waals surface area contributed by atoms with Crippen LogP contribution in [0.1, 0.15) is 22.3 Å². The predicted octanol–water partition coefficient (Wildman–Crippen LogP) is 1.98. The summed E-state index contributed by atoms with van der Waals surface area (Å²) in [6.07, 6.45) is 4.32. The van der Waals surface area contributed by atoms with Crippen molar-refractivity contribution in [1.29, 1.82) is 0 Å². The molecule has 0 radical (unpaired) electrons. The van der Waals surface area contributed by atoms with E-state index >= 15 is 0 Å². The van der Waals surface area contributed by atoms with Crippen LogP contribution in [0.3, 0.4) is 0 Å². The molecule has 7 nitrogen and oxygen atoms in total. The Morgan fingerprint density at radius 1 is 1.35 bits per heavy atom. The monoisotopic (exact) mass is 370 g/mol. The van der Waals surface area contributed by atoms with Gasteiger partial charge in [-0.05, 0) is 36.6 Å². The van der Waals surface area contributed by atoms with Crippen molar-refractivity contribution >= 4 is 39.9 Å². The van der Waals surface area contributed by atoms with Crippen LogP contribution in [-0.4, -0.2) is 35.8 Å². The zero-order valence-corrected chi connectivity index (χ0v) is 14.8. The highest BCUT2D eigenvalue weighted by molar-refractivity contribution is 7.13. The van der Waals surface area contributed by atoms with E-state index in [1.54, 1.807) is 28.6 Å². The Balaban J connectivity index is 1.71. The summed E-state index contributed by atoms with van der Waals surface area (Å²) < 4.78 is 0. The van der Waals surface area contributed by atoms with E-state index in [1.807, 2.05) is 6.07 Å². The number of fused-ring (bicyclic) bond motifs is 1. The Morgan fingerprint density at radius 2 is 2.19 bits per heavy atom. The second-order valence-corrected chi connectivity index (χ2v) is 6.56. The average Bonchev–Trinajstić information content (AvgIpc) is 3.17. The number of thiazole rings is 1. The molecule has 26 heavy (non-hydrogen) atoms. The fourth-order valence-electron chi connectivity index (χ4n) is 2.88. The van der Waals surface area contributed by atoms with Gasteiger partial charge in [-0.15, -0.1) is 11.3 Å². The maximum Gasteiger partial charge on any atom is 0.252 e. The second kappa shape index (κ2) is 7.92. The summed E-state index contributed by atoms with van der Waals surface area (Å²) in [7, 11) is 0. The van der Waals surface area contributed by atoms with Gasteiger partial charge in [-0.25, -0.2) is 4.98 Å². The van der Waals surface area contributed by atoms with E-state index in [1.165, 1.54) is 17.4 Å². The Labute approximate surface area is 154 Å². The molecule has 0 unspecified atom stereocenters. The first-order valence-corrected chi connectivity index (χ1v) is 9.01. The molecule has 0 bridgehead atoms. The van der Waals surface area contributed by atoms with Crippen molar-refractivity contribution in [2.45, 2.75) is 12.8 Å². The van der Waals surface area contributed by atoms with Gasteiger partial charge >= 0.3 is 0 Å². The van der Waals surface area contributed by atoms with Gasteiger partial charge in [0.15, 0.2) is 5.13 Å². The number of carbonyl (C=O) groups is 3. The molecular formula is C18H18N4O3S. The number of nitrogens with one attached hydrogen (secondary N) is 2. The lowest BCUT2D eigenvalue weighted by molar-refractivity contribution is -0.115. The van der Waals surface area contributed by atoms with Crippen molar-refractivity contribution in [2.24, 2.45) is 0 Å². The van der Waals surface area contributed by atoms with E-state index < -0.39 is 0 Å². The zero-order chi connectivity index (χ0) is 18.5. The number of carbonyl (C=O) groups excluding carboxylic acids is 3. The van der Waals surface area contributed by atoms with Crippen molar-refractivity contribution in [2.75, 3.05) is 23.3 Å². The van der Waals surface area contributed by atoms with Gasteiger partial charge in [0.1, 0.15) is 0 Å². The van der Waals surface area contributed by atoms with Crippen LogP contribution in [0.2, 0.25) is 0 Å². The summed E-state index contributed by atoms with van der Waals surface area (Å²) in [4.78, 5) is 42.0. The molecular weight excluding hydrogens is 352 g/mol. The van der Waals surface area contributed by atoms with Crippen molar-refractivity contribution in [1.82, 2.24) is 10.3 Å². The number of rotatable bonds is 5. The van der Waals surface area contributed by atoms with Crippen LogP contribution in [0.15, 0.2) is 42.4 Å². The first kappa shape index (κ1) is 17.8. The Morgan fingerprint density at radius 3 is 2.92 bits per heavy atom. The highest BCUT2D eigenvalue weighted by atomic mass is 32.1. The minimum Gasteiger partial charge on any atom is -0.343 e. The number of benzene rings is 1. The van der Waals surface area contributed by atoms with Crippen LogP contribution in [0.25, 0.3) is 0 Å². The van der Waals surface area contributed by atoms with Gasteiger partial charge in [0.2, 0.25) is 11.8 Å². The molecule has 0 atom stereocenters. The first-order chi connectivity index (χ1) is 12.6. The van der Waals surface area contributed by atoms with Crippen LogP contribution in [0.5, 0.6) is 0 Å². The number of hydrogen-bond donors (Lipinski definition) is 2. The molecule has 3 amide bonds. The van der Waals surface area contributed by atoms with E-state index in [0.29, 0.717) is 23.7 Å². The molecule has 2 N–H and O–H groups in total. The predicted molar refractivity (Wildman–Crippen MR) is 100 cm³/mol. The van der Waals surface area contributed by atoms with Gasteiger partial charge in [-0.1, -0.05) is 12.6 Å². The molecule has 1 aromatic heterocycles. The highest BCUT2D eigenvalue weighted by Crippen LogP contribution is 2.30. The van der Waals surface area contributed by atoms with E-state index in [4.69, 9.17) is 0 Å². The Kier molecular flexibility index (Phi) is 5.43. The summed E-state index contributed by atoms with van der Waals surface area (Å²) in [5.41, 5.74) is 2.01.